The third-order valence-corrected chi connectivity index (χ3v) is 7.62. The van der Waals surface area contributed by atoms with Crippen molar-refractivity contribution < 1.29 is 9.59 Å². The number of hydrogen-bond donors (Lipinski definition) is 0. The molecule has 2 nitrogen and oxygen atoms in total. The number of hydrogen-bond acceptors (Lipinski definition) is 2. The summed E-state index contributed by atoms with van der Waals surface area (Å²) >= 11 is 0. The van der Waals surface area contributed by atoms with Crippen LogP contribution in [0.4, 0.5) is 0 Å². The number of rotatable bonds is 0. The van der Waals surface area contributed by atoms with Crippen molar-refractivity contribution in [2.24, 2.45) is 28.6 Å². The molecule has 4 rings (SSSR count). The Morgan fingerprint density at radius 1 is 1.10 bits per heavy atom. The molecule has 0 heterocycles. The standard InChI is InChI=1S/C19H26O2/c1-18-9-7-13(20)11-12(18)3-4-14-15-5-6-17(21)19(15,2)10-8-16(14)18/h5,12,14,16H,3-4,6-11H2,1-2H3/t12?,14-,16+,18-,19-/m0/s1. The summed E-state index contributed by atoms with van der Waals surface area (Å²) in [6.45, 7) is 4.63. The molecule has 0 saturated heterocycles. The lowest BCUT2D eigenvalue weighted by Crippen LogP contribution is -2.51. The van der Waals surface area contributed by atoms with Crippen LogP contribution in [0, 0.1) is 28.6 Å². The Balaban J connectivity index is 1.68. The zero-order valence-corrected chi connectivity index (χ0v) is 13.3. The Morgan fingerprint density at radius 2 is 1.90 bits per heavy atom. The van der Waals surface area contributed by atoms with Crippen molar-refractivity contribution in [1.29, 1.82) is 0 Å². The zero-order valence-electron chi connectivity index (χ0n) is 13.3. The lowest BCUT2D eigenvalue weighted by molar-refractivity contribution is -0.133. The highest BCUT2D eigenvalue weighted by molar-refractivity contribution is 5.92. The van der Waals surface area contributed by atoms with Gasteiger partial charge < -0.3 is 0 Å². The molecule has 3 saturated carbocycles. The molecule has 21 heavy (non-hydrogen) atoms. The minimum absolute atomic E-state index is 0.144. The van der Waals surface area contributed by atoms with Gasteiger partial charge in [-0.25, -0.2) is 0 Å². The van der Waals surface area contributed by atoms with E-state index in [0.717, 1.165) is 25.7 Å². The van der Waals surface area contributed by atoms with Crippen molar-refractivity contribution in [1.82, 2.24) is 0 Å². The summed E-state index contributed by atoms with van der Waals surface area (Å²) in [7, 11) is 0. The molecule has 0 amide bonds. The zero-order chi connectivity index (χ0) is 14.8. The van der Waals surface area contributed by atoms with E-state index < -0.39 is 0 Å². The minimum atomic E-state index is -0.144. The molecule has 0 aliphatic heterocycles. The molecule has 0 aromatic heterocycles. The Hall–Kier alpha value is -0.920. The summed E-state index contributed by atoms with van der Waals surface area (Å²) in [5.41, 5.74) is 1.67. The molecule has 0 aromatic rings. The highest BCUT2D eigenvalue weighted by Crippen LogP contribution is 2.63. The van der Waals surface area contributed by atoms with Crippen molar-refractivity contribution in [3.05, 3.63) is 11.6 Å². The minimum Gasteiger partial charge on any atom is -0.300 e. The summed E-state index contributed by atoms with van der Waals surface area (Å²) in [5, 5.41) is 0. The van der Waals surface area contributed by atoms with E-state index in [1.165, 1.54) is 24.8 Å². The molecule has 114 valence electrons. The molecule has 0 aromatic carbocycles. The summed E-state index contributed by atoms with van der Waals surface area (Å²) in [6, 6.07) is 0. The lowest BCUT2D eigenvalue weighted by atomic mass is 9.46. The number of fused-ring (bicyclic) bond motifs is 5. The highest BCUT2D eigenvalue weighted by atomic mass is 16.1. The number of Topliss-reactive ketones (excluding diaryl/α,β-unsaturated/α-hetero) is 2. The monoisotopic (exact) mass is 286 g/mol. The topological polar surface area (TPSA) is 34.1 Å². The maximum absolute atomic E-state index is 12.3. The van der Waals surface area contributed by atoms with Crippen molar-refractivity contribution in [2.75, 3.05) is 0 Å². The van der Waals surface area contributed by atoms with Gasteiger partial charge in [0.2, 0.25) is 0 Å². The fourth-order valence-electron chi connectivity index (χ4n) is 6.19. The fraction of sp³-hybridized carbons (Fsp3) is 0.789. The van der Waals surface area contributed by atoms with E-state index >= 15 is 0 Å². The van der Waals surface area contributed by atoms with Gasteiger partial charge in [-0.3, -0.25) is 9.59 Å². The van der Waals surface area contributed by atoms with E-state index in [-0.39, 0.29) is 5.41 Å². The van der Waals surface area contributed by atoms with Crippen LogP contribution in [0.5, 0.6) is 0 Å². The Morgan fingerprint density at radius 3 is 2.71 bits per heavy atom. The maximum atomic E-state index is 12.3. The molecule has 0 radical (unpaired) electrons. The molecule has 4 aliphatic carbocycles. The SMILES string of the molecule is C[C@]12CC[C@@H]3[C@@H](CCC4CC(=O)CC[C@@]43C)C1=CCC2=O. The Labute approximate surface area is 127 Å². The van der Waals surface area contributed by atoms with Gasteiger partial charge in [0.25, 0.3) is 0 Å². The Kier molecular flexibility index (Phi) is 2.81. The highest BCUT2D eigenvalue weighted by Gasteiger charge is 2.57. The second kappa shape index (κ2) is 4.30. The summed E-state index contributed by atoms with van der Waals surface area (Å²) in [5.74, 6) is 2.84. The van der Waals surface area contributed by atoms with E-state index in [1.807, 2.05) is 0 Å². The quantitative estimate of drug-likeness (QED) is 0.629. The van der Waals surface area contributed by atoms with Crippen LogP contribution in [-0.4, -0.2) is 11.6 Å². The molecular formula is C19H26O2. The molecule has 0 bridgehead atoms. The van der Waals surface area contributed by atoms with Crippen LogP contribution in [0.3, 0.4) is 0 Å². The fourth-order valence-corrected chi connectivity index (χ4v) is 6.19. The van der Waals surface area contributed by atoms with Gasteiger partial charge in [0.1, 0.15) is 11.6 Å². The second-order valence-electron chi connectivity index (χ2n) is 8.39. The average molecular weight is 286 g/mol. The van der Waals surface area contributed by atoms with Gasteiger partial charge in [-0.05, 0) is 62.2 Å². The number of carbonyl (C=O) groups excluding carboxylic acids is 2. The third kappa shape index (κ3) is 1.71. The summed E-state index contributed by atoms with van der Waals surface area (Å²) in [4.78, 5) is 24.2. The third-order valence-electron chi connectivity index (χ3n) is 7.62. The van der Waals surface area contributed by atoms with Gasteiger partial charge in [0.05, 0.1) is 0 Å². The first-order chi connectivity index (χ1) is 9.95. The van der Waals surface area contributed by atoms with Crippen LogP contribution in [0.1, 0.15) is 65.2 Å². The molecule has 0 spiro atoms. The Bertz CT molecular complexity index is 546. The van der Waals surface area contributed by atoms with E-state index in [1.54, 1.807) is 0 Å². The van der Waals surface area contributed by atoms with E-state index in [2.05, 4.69) is 19.9 Å². The smallest absolute Gasteiger partial charge is 0.146 e. The van der Waals surface area contributed by atoms with Gasteiger partial charge in [-0.15, -0.1) is 0 Å². The summed E-state index contributed by atoms with van der Waals surface area (Å²) < 4.78 is 0. The van der Waals surface area contributed by atoms with Crippen LogP contribution in [0.2, 0.25) is 0 Å². The van der Waals surface area contributed by atoms with Crippen molar-refractivity contribution in [3.8, 4) is 0 Å². The predicted molar refractivity (Wildman–Crippen MR) is 81.7 cm³/mol. The molecule has 1 unspecified atom stereocenters. The van der Waals surface area contributed by atoms with Crippen LogP contribution in [0.25, 0.3) is 0 Å². The van der Waals surface area contributed by atoms with Crippen molar-refractivity contribution >= 4 is 11.6 Å². The first-order valence-electron chi connectivity index (χ1n) is 8.71. The van der Waals surface area contributed by atoms with Gasteiger partial charge >= 0.3 is 0 Å². The lowest BCUT2D eigenvalue weighted by Gasteiger charge is -2.57. The number of carbonyl (C=O) groups is 2. The molecular weight excluding hydrogens is 260 g/mol. The molecule has 2 heteroatoms. The first kappa shape index (κ1) is 13.7. The average Bonchev–Trinajstić information content (AvgIpc) is 2.76. The largest absolute Gasteiger partial charge is 0.300 e. The van der Waals surface area contributed by atoms with Crippen LogP contribution >= 0.6 is 0 Å². The van der Waals surface area contributed by atoms with Crippen LogP contribution < -0.4 is 0 Å². The van der Waals surface area contributed by atoms with Gasteiger partial charge in [0, 0.05) is 24.7 Å². The second-order valence-corrected chi connectivity index (χ2v) is 8.39. The predicted octanol–water partition coefficient (Wildman–Crippen LogP) is 4.09. The normalized spacial score (nSPS) is 49.2. The van der Waals surface area contributed by atoms with Crippen molar-refractivity contribution in [3.63, 3.8) is 0 Å². The van der Waals surface area contributed by atoms with Gasteiger partial charge in [-0.2, -0.15) is 0 Å². The first-order valence-corrected chi connectivity index (χ1v) is 8.71. The molecule has 0 N–H and O–H groups in total. The van der Waals surface area contributed by atoms with Crippen molar-refractivity contribution in [2.45, 2.75) is 65.2 Å². The molecule has 5 atom stereocenters. The van der Waals surface area contributed by atoms with Crippen LogP contribution in [-0.2, 0) is 9.59 Å². The van der Waals surface area contributed by atoms with E-state index in [0.29, 0.717) is 41.2 Å². The van der Waals surface area contributed by atoms with Crippen LogP contribution in [0.15, 0.2) is 11.6 Å². The number of ketones is 2. The summed E-state index contributed by atoms with van der Waals surface area (Å²) in [6.07, 6.45) is 10.2. The molecule has 3 fully saturated rings. The van der Waals surface area contributed by atoms with E-state index in [9.17, 15) is 9.59 Å². The van der Waals surface area contributed by atoms with Gasteiger partial charge in [-0.1, -0.05) is 18.6 Å². The van der Waals surface area contributed by atoms with Gasteiger partial charge in [0.15, 0.2) is 0 Å². The number of allylic oxidation sites excluding steroid dienone is 2. The molecule has 4 aliphatic rings. The van der Waals surface area contributed by atoms with E-state index in [4.69, 9.17) is 0 Å². The maximum Gasteiger partial charge on any atom is 0.146 e.